The number of nitrogens with one attached hydrogen (secondary N) is 1. The highest BCUT2D eigenvalue weighted by molar-refractivity contribution is 5.34. The molecular formula is C11H19N3O3. The van der Waals surface area contributed by atoms with E-state index in [1.807, 2.05) is 6.92 Å². The highest BCUT2D eigenvalue weighted by atomic mass is 16.5. The van der Waals surface area contributed by atoms with Crippen LogP contribution >= 0.6 is 0 Å². The standard InChI is InChI=1S/C11H19N3O3/c1-4-8(6-15)12-5-9-10(16-2)13-7-14-11(9)17-3/h7-8,12,15H,4-6H2,1-3H3/t8-/m0/s1. The lowest BCUT2D eigenvalue weighted by Crippen LogP contribution is -2.31. The zero-order valence-corrected chi connectivity index (χ0v) is 10.4. The number of rotatable bonds is 7. The van der Waals surface area contributed by atoms with Gasteiger partial charge in [-0.2, -0.15) is 0 Å². The second kappa shape index (κ2) is 7.03. The Labute approximate surface area is 101 Å². The molecule has 0 aliphatic carbocycles. The minimum atomic E-state index is 0.0459. The molecule has 1 rings (SSSR count). The molecule has 0 spiro atoms. The molecule has 0 aromatic carbocycles. The summed E-state index contributed by atoms with van der Waals surface area (Å²) >= 11 is 0. The Bertz CT molecular complexity index is 320. The molecule has 2 N–H and O–H groups in total. The van der Waals surface area contributed by atoms with E-state index in [9.17, 15) is 0 Å². The maximum atomic E-state index is 9.10. The van der Waals surface area contributed by atoms with E-state index in [1.165, 1.54) is 6.33 Å². The lowest BCUT2D eigenvalue weighted by atomic mass is 10.2. The summed E-state index contributed by atoms with van der Waals surface area (Å²) < 4.78 is 10.3. The zero-order chi connectivity index (χ0) is 12.7. The Morgan fingerprint density at radius 2 is 1.88 bits per heavy atom. The maximum absolute atomic E-state index is 9.10. The smallest absolute Gasteiger partial charge is 0.224 e. The quantitative estimate of drug-likeness (QED) is 0.717. The molecule has 1 aromatic heterocycles. The summed E-state index contributed by atoms with van der Waals surface area (Å²) in [6.45, 7) is 2.59. The van der Waals surface area contributed by atoms with Gasteiger partial charge in [0.1, 0.15) is 6.33 Å². The Balaban J connectivity index is 2.80. The van der Waals surface area contributed by atoms with Crippen LogP contribution in [0, 0.1) is 0 Å². The van der Waals surface area contributed by atoms with E-state index < -0.39 is 0 Å². The van der Waals surface area contributed by atoms with Crippen LogP contribution in [-0.2, 0) is 6.54 Å². The zero-order valence-electron chi connectivity index (χ0n) is 10.4. The predicted octanol–water partition coefficient (Wildman–Crippen LogP) is 0.354. The number of nitrogens with zero attached hydrogens (tertiary/aromatic N) is 2. The highest BCUT2D eigenvalue weighted by Gasteiger charge is 2.14. The van der Waals surface area contributed by atoms with Crippen LogP contribution in [0.1, 0.15) is 18.9 Å². The number of methoxy groups -OCH3 is 2. The molecule has 6 heteroatoms. The van der Waals surface area contributed by atoms with Crippen molar-refractivity contribution in [2.45, 2.75) is 25.9 Å². The second-order valence-electron chi connectivity index (χ2n) is 3.54. The van der Waals surface area contributed by atoms with Gasteiger partial charge in [-0.15, -0.1) is 0 Å². The molecule has 0 aliphatic heterocycles. The Morgan fingerprint density at radius 1 is 1.29 bits per heavy atom. The van der Waals surface area contributed by atoms with Crippen LogP contribution in [0.3, 0.4) is 0 Å². The van der Waals surface area contributed by atoms with Gasteiger partial charge < -0.3 is 19.9 Å². The number of ether oxygens (including phenoxy) is 2. The highest BCUT2D eigenvalue weighted by Crippen LogP contribution is 2.23. The Kier molecular flexibility index (Phi) is 5.65. The van der Waals surface area contributed by atoms with E-state index in [0.29, 0.717) is 18.3 Å². The van der Waals surface area contributed by atoms with Gasteiger partial charge in [0.2, 0.25) is 11.8 Å². The summed E-state index contributed by atoms with van der Waals surface area (Å²) in [5.74, 6) is 0.967. The molecule has 6 nitrogen and oxygen atoms in total. The first kappa shape index (κ1) is 13.7. The van der Waals surface area contributed by atoms with Gasteiger partial charge in [0, 0.05) is 12.6 Å². The molecule has 96 valence electrons. The minimum absolute atomic E-state index is 0.0459. The van der Waals surface area contributed by atoms with Gasteiger partial charge in [0.05, 0.1) is 26.4 Å². The average Bonchev–Trinajstić information content (AvgIpc) is 2.39. The first-order valence-corrected chi connectivity index (χ1v) is 5.52. The van der Waals surface area contributed by atoms with Crippen molar-refractivity contribution in [2.75, 3.05) is 20.8 Å². The topological polar surface area (TPSA) is 76.5 Å². The number of aliphatic hydroxyl groups is 1. The predicted molar refractivity (Wildman–Crippen MR) is 63.1 cm³/mol. The Hall–Kier alpha value is -1.40. The summed E-state index contributed by atoms with van der Waals surface area (Å²) in [6.07, 6.45) is 2.24. The van der Waals surface area contributed by atoms with E-state index in [-0.39, 0.29) is 12.6 Å². The van der Waals surface area contributed by atoms with Crippen molar-refractivity contribution in [3.63, 3.8) is 0 Å². The average molecular weight is 241 g/mol. The lowest BCUT2D eigenvalue weighted by Gasteiger charge is -2.16. The van der Waals surface area contributed by atoms with Crippen molar-refractivity contribution in [2.24, 2.45) is 0 Å². The fourth-order valence-electron chi connectivity index (χ4n) is 1.47. The van der Waals surface area contributed by atoms with Gasteiger partial charge >= 0.3 is 0 Å². The molecule has 0 amide bonds. The molecular weight excluding hydrogens is 222 g/mol. The van der Waals surface area contributed by atoms with E-state index in [1.54, 1.807) is 14.2 Å². The first-order chi connectivity index (χ1) is 8.26. The molecule has 0 unspecified atom stereocenters. The summed E-state index contributed by atoms with van der Waals surface area (Å²) in [5.41, 5.74) is 0.754. The van der Waals surface area contributed by atoms with Crippen LogP contribution in [0.2, 0.25) is 0 Å². The summed E-state index contributed by atoms with van der Waals surface area (Å²) in [5, 5.41) is 12.3. The summed E-state index contributed by atoms with van der Waals surface area (Å²) in [6, 6.07) is 0.0459. The molecule has 0 aliphatic rings. The van der Waals surface area contributed by atoms with Crippen LogP contribution in [0.5, 0.6) is 11.8 Å². The molecule has 0 radical (unpaired) electrons. The molecule has 1 heterocycles. The summed E-state index contributed by atoms with van der Waals surface area (Å²) in [4.78, 5) is 8.04. The van der Waals surface area contributed by atoms with Crippen LogP contribution in [-0.4, -0.2) is 41.9 Å². The fourth-order valence-corrected chi connectivity index (χ4v) is 1.47. The molecule has 1 atom stereocenters. The molecule has 1 aromatic rings. The van der Waals surface area contributed by atoms with Gasteiger partial charge in [0.25, 0.3) is 0 Å². The normalized spacial score (nSPS) is 12.2. The van der Waals surface area contributed by atoms with Crippen molar-refractivity contribution >= 4 is 0 Å². The van der Waals surface area contributed by atoms with Crippen LogP contribution in [0.15, 0.2) is 6.33 Å². The van der Waals surface area contributed by atoms with E-state index in [4.69, 9.17) is 14.6 Å². The third-order valence-corrected chi connectivity index (χ3v) is 2.53. The van der Waals surface area contributed by atoms with Crippen molar-refractivity contribution in [3.8, 4) is 11.8 Å². The van der Waals surface area contributed by atoms with Crippen molar-refractivity contribution in [1.29, 1.82) is 0 Å². The third kappa shape index (κ3) is 3.54. The molecule has 0 saturated heterocycles. The Morgan fingerprint density at radius 3 is 2.29 bits per heavy atom. The lowest BCUT2D eigenvalue weighted by molar-refractivity contribution is 0.237. The van der Waals surface area contributed by atoms with Gasteiger partial charge in [-0.1, -0.05) is 6.92 Å². The molecule has 0 bridgehead atoms. The maximum Gasteiger partial charge on any atom is 0.224 e. The van der Waals surface area contributed by atoms with Gasteiger partial charge in [0.15, 0.2) is 0 Å². The van der Waals surface area contributed by atoms with Gasteiger partial charge in [-0.3, -0.25) is 0 Å². The first-order valence-electron chi connectivity index (χ1n) is 5.52. The second-order valence-corrected chi connectivity index (χ2v) is 3.54. The SMILES string of the molecule is CC[C@@H](CO)NCc1c(OC)ncnc1OC. The molecule has 17 heavy (non-hydrogen) atoms. The van der Waals surface area contributed by atoms with Gasteiger partial charge in [-0.05, 0) is 6.42 Å². The van der Waals surface area contributed by atoms with E-state index in [0.717, 1.165) is 12.0 Å². The molecule has 0 fully saturated rings. The van der Waals surface area contributed by atoms with Crippen molar-refractivity contribution in [3.05, 3.63) is 11.9 Å². The van der Waals surface area contributed by atoms with Crippen LogP contribution in [0.25, 0.3) is 0 Å². The summed E-state index contributed by atoms with van der Waals surface area (Å²) in [7, 11) is 3.10. The van der Waals surface area contributed by atoms with E-state index in [2.05, 4.69) is 15.3 Å². The largest absolute Gasteiger partial charge is 0.481 e. The van der Waals surface area contributed by atoms with E-state index >= 15 is 0 Å². The fraction of sp³-hybridized carbons (Fsp3) is 0.636. The monoisotopic (exact) mass is 241 g/mol. The third-order valence-electron chi connectivity index (χ3n) is 2.53. The number of hydrogen-bond acceptors (Lipinski definition) is 6. The van der Waals surface area contributed by atoms with Crippen molar-refractivity contribution in [1.82, 2.24) is 15.3 Å². The molecule has 0 saturated carbocycles. The van der Waals surface area contributed by atoms with Gasteiger partial charge in [-0.25, -0.2) is 9.97 Å². The van der Waals surface area contributed by atoms with Crippen LogP contribution < -0.4 is 14.8 Å². The number of aromatic nitrogens is 2. The number of aliphatic hydroxyl groups excluding tert-OH is 1. The van der Waals surface area contributed by atoms with Crippen molar-refractivity contribution < 1.29 is 14.6 Å². The minimum Gasteiger partial charge on any atom is -0.481 e. The van der Waals surface area contributed by atoms with Crippen LogP contribution in [0.4, 0.5) is 0 Å². The number of hydrogen-bond donors (Lipinski definition) is 2.